The van der Waals surface area contributed by atoms with Crippen molar-refractivity contribution in [1.82, 2.24) is 11.3 Å². The molecule has 35 valence electrons. The van der Waals surface area contributed by atoms with E-state index in [0.717, 1.165) is 0 Å². The Hall–Kier alpha value is -0.770. The minimum Gasteiger partial charge on any atom is -0.452 e. The number of hydrogen-bond donors (Lipinski definition) is 1. The minimum absolute atomic E-state index is 0.741. The van der Waals surface area contributed by atoms with Crippen LogP contribution in [0.15, 0.2) is 0 Å². The van der Waals surface area contributed by atoms with Crippen molar-refractivity contribution in [2.75, 3.05) is 7.11 Å². The number of carbonyl (C=O) groups excluding carboxylic acids is 1. The van der Waals surface area contributed by atoms with Gasteiger partial charge in [-0.25, -0.2) is 10.2 Å². The summed E-state index contributed by atoms with van der Waals surface area (Å²) in [6.07, 6.45) is -0.741. The second-order valence-corrected chi connectivity index (χ2v) is 0.617. The average Bonchev–Trinajstić information content (AvgIpc) is 1.65. The highest BCUT2D eigenvalue weighted by Crippen LogP contribution is 1.61. The Labute approximate surface area is 35.2 Å². The molecule has 0 aliphatic heterocycles. The Balaban J connectivity index is 2.99. The summed E-state index contributed by atoms with van der Waals surface area (Å²) in [4.78, 5) is 9.66. The second-order valence-electron chi connectivity index (χ2n) is 0.617. The molecule has 0 aromatic heterocycles. The van der Waals surface area contributed by atoms with Crippen LogP contribution in [0.25, 0.3) is 0 Å². The van der Waals surface area contributed by atoms with E-state index in [-0.39, 0.29) is 0 Å². The summed E-state index contributed by atoms with van der Waals surface area (Å²) >= 11 is 0. The first kappa shape index (κ1) is 5.23. The second kappa shape index (κ2) is 2.47. The van der Waals surface area contributed by atoms with Crippen molar-refractivity contribution >= 4 is 6.09 Å². The largest absolute Gasteiger partial charge is 0.452 e. The molecule has 0 atom stereocenters. The maximum absolute atomic E-state index is 9.66. The number of hydrogen-bond acceptors (Lipinski definition) is 2. The summed E-state index contributed by atoms with van der Waals surface area (Å²) in [5, 5.41) is 0. The van der Waals surface area contributed by atoms with Crippen LogP contribution in [0, 0.1) is 0 Å². The molecule has 0 unspecified atom stereocenters. The van der Waals surface area contributed by atoms with Crippen molar-refractivity contribution < 1.29 is 9.53 Å². The Bertz CT molecular complexity index is 47.5. The topological polar surface area (TPSA) is 62.1 Å². The van der Waals surface area contributed by atoms with E-state index in [1.165, 1.54) is 12.5 Å². The van der Waals surface area contributed by atoms with Gasteiger partial charge in [0.05, 0.1) is 7.11 Å². The van der Waals surface area contributed by atoms with Gasteiger partial charge in [0.15, 0.2) is 0 Å². The molecule has 0 spiro atoms. The highest BCUT2D eigenvalue weighted by molar-refractivity contribution is 5.65. The van der Waals surface area contributed by atoms with E-state index in [1.54, 1.807) is 0 Å². The Morgan fingerprint density at radius 1 is 2.00 bits per heavy atom. The van der Waals surface area contributed by atoms with Crippen molar-refractivity contribution in [1.29, 1.82) is 0 Å². The Morgan fingerprint density at radius 3 is 2.50 bits per heavy atom. The van der Waals surface area contributed by atoms with Crippen molar-refractivity contribution in [2.24, 2.45) is 0 Å². The molecule has 0 aromatic rings. The monoisotopic (exact) mass is 89.0 g/mol. The molecule has 1 amide bonds. The zero-order valence-electron chi connectivity index (χ0n) is 3.32. The molecule has 0 aliphatic rings. The molecule has 2 N–H and O–H groups in total. The van der Waals surface area contributed by atoms with Crippen molar-refractivity contribution in [3.8, 4) is 0 Å². The van der Waals surface area contributed by atoms with Gasteiger partial charge in [0.1, 0.15) is 0 Å². The van der Waals surface area contributed by atoms with Gasteiger partial charge < -0.3 is 4.74 Å². The molecule has 0 aliphatic carbocycles. The lowest BCUT2D eigenvalue weighted by molar-refractivity contribution is 0.170. The van der Waals surface area contributed by atoms with E-state index in [2.05, 4.69) is 4.74 Å². The maximum Gasteiger partial charge on any atom is 0.422 e. The molecule has 0 fully saturated rings. The molecule has 0 rings (SSSR count). The van der Waals surface area contributed by atoms with E-state index < -0.39 is 6.09 Å². The molecular formula is C2H5N2O2. The number of ether oxygens (including phenoxy) is 1. The van der Waals surface area contributed by atoms with Crippen LogP contribution >= 0.6 is 0 Å². The van der Waals surface area contributed by atoms with E-state index >= 15 is 0 Å². The SMILES string of the molecule is COC(=O)N[NH]. The standard InChI is InChI=1S/C2H5N2O2/c1-6-2(5)4-3/h3H,1H3,(H,4,5). The average molecular weight is 89.1 g/mol. The lowest BCUT2D eigenvalue weighted by Gasteiger charge is -1.89. The third-order valence-corrected chi connectivity index (χ3v) is 0.287. The first-order chi connectivity index (χ1) is 2.81. The first-order valence-corrected chi connectivity index (χ1v) is 1.32. The van der Waals surface area contributed by atoms with Gasteiger partial charge in [-0.2, -0.15) is 0 Å². The van der Waals surface area contributed by atoms with Crippen molar-refractivity contribution in [3.63, 3.8) is 0 Å². The van der Waals surface area contributed by atoms with Crippen LogP contribution in [0.3, 0.4) is 0 Å². The molecular weight excluding hydrogens is 84.0 g/mol. The fraction of sp³-hybridized carbons (Fsp3) is 0.500. The van der Waals surface area contributed by atoms with Crippen LogP contribution in [-0.2, 0) is 4.74 Å². The van der Waals surface area contributed by atoms with E-state index in [4.69, 9.17) is 5.84 Å². The summed E-state index contributed by atoms with van der Waals surface area (Å²) in [6, 6.07) is 0. The molecule has 1 radical (unpaired) electrons. The normalized spacial score (nSPS) is 7.00. The molecule has 6 heavy (non-hydrogen) atoms. The molecule has 0 aromatic carbocycles. The molecule has 0 saturated carbocycles. The van der Waals surface area contributed by atoms with Gasteiger partial charge in [0.2, 0.25) is 0 Å². The van der Waals surface area contributed by atoms with Gasteiger partial charge in [0, 0.05) is 0 Å². The van der Waals surface area contributed by atoms with Gasteiger partial charge in [-0.3, -0.25) is 0 Å². The quantitative estimate of drug-likeness (QED) is 0.408. The zero-order chi connectivity index (χ0) is 4.99. The van der Waals surface area contributed by atoms with Gasteiger partial charge in [0.25, 0.3) is 0 Å². The van der Waals surface area contributed by atoms with Gasteiger partial charge >= 0.3 is 6.09 Å². The van der Waals surface area contributed by atoms with Crippen molar-refractivity contribution in [2.45, 2.75) is 0 Å². The van der Waals surface area contributed by atoms with Gasteiger partial charge in [-0.05, 0) is 0 Å². The third kappa shape index (κ3) is 1.54. The highest BCUT2D eigenvalue weighted by Gasteiger charge is 1.86. The first-order valence-electron chi connectivity index (χ1n) is 1.32. The maximum atomic E-state index is 9.66. The number of nitrogens with one attached hydrogen (secondary N) is 2. The molecule has 4 nitrogen and oxygen atoms in total. The number of carbonyl (C=O) groups is 1. The van der Waals surface area contributed by atoms with Gasteiger partial charge in [-0.1, -0.05) is 0 Å². The zero-order valence-corrected chi connectivity index (χ0v) is 3.32. The summed E-state index contributed by atoms with van der Waals surface area (Å²) < 4.78 is 3.96. The molecule has 0 saturated heterocycles. The van der Waals surface area contributed by atoms with E-state index in [1.807, 2.05) is 0 Å². The number of methoxy groups -OCH3 is 1. The highest BCUT2D eigenvalue weighted by atomic mass is 16.5. The van der Waals surface area contributed by atoms with Crippen LogP contribution in [0.1, 0.15) is 0 Å². The molecule has 0 heterocycles. The van der Waals surface area contributed by atoms with Crippen molar-refractivity contribution in [3.05, 3.63) is 0 Å². The lowest BCUT2D eigenvalue weighted by Crippen LogP contribution is -2.19. The van der Waals surface area contributed by atoms with Crippen LogP contribution in [0.2, 0.25) is 0 Å². The predicted octanol–water partition coefficient (Wildman–Crippen LogP) is -0.460. The third-order valence-electron chi connectivity index (χ3n) is 0.287. The minimum atomic E-state index is -0.741. The summed E-state index contributed by atoms with van der Waals surface area (Å²) in [5.74, 6) is 6.08. The molecule has 0 bridgehead atoms. The van der Waals surface area contributed by atoms with E-state index in [0.29, 0.717) is 0 Å². The fourth-order valence-corrected chi connectivity index (χ4v) is 0.0510. The Morgan fingerprint density at radius 2 is 2.50 bits per heavy atom. The number of amides is 1. The summed E-state index contributed by atoms with van der Waals surface area (Å²) in [5.41, 5.74) is 1.50. The summed E-state index contributed by atoms with van der Waals surface area (Å²) in [7, 11) is 1.20. The number of rotatable bonds is 0. The van der Waals surface area contributed by atoms with Crippen LogP contribution < -0.4 is 11.3 Å². The van der Waals surface area contributed by atoms with Crippen LogP contribution in [0.4, 0.5) is 4.79 Å². The predicted molar refractivity (Wildman–Crippen MR) is 18.6 cm³/mol. The fourth-order valence-electron chi connectivity index (χ4n) is 0.0510. The summed E-state index contributed by atoms with van der Waals surface area (Å²) in [6.45, 7) is 0. The molecule has 4 heteroatoms. The van der Waals surface area contributed by atoms with Gasteiger partial charge in [-0.15, -0.1) is 5.84 Å². The smallest absolute Gasteiger partial charge is 0.422 e. The van der Waals surface area contributed by atoms with Crippen LogP contribution in [0.5, 0.6) is 0 Å². The van der Waals surface area contributed by atoms with Crippen LogP contribution in [-0.4, -0.2) is 13.2 Å². The lowest BCUT2D eigenvalue weighted by atomic mass is 11.2. The van der Waals surface area contributed by atoms with E-state index in [9.17, 15) is 4.79 Å². The Kier molecular flexibility index (Phi) is 2.15.